The van der Waals surface area contributed by atoms with Gasteiger partial charge in [-0.05, 0) is 60.1 Å². The number of imide groups is 1. The molecule has 4 aliphatic rings. The number of nitrogens with one attached hydrogen (secondary N) is 1. The summed E-state index contributed by atoms with van der Waals surface area (Å²) >= 11 is 2.75. The number of thiazole rings is 1. The number of methoxy groups -OCH3 is 1. The highest BCUT2D eigenvalue weighted by Crippen LogP contribution is 2.68. The van der Waals surface area contributed by atoms with E-state index >= 15 is 0 Å². The van der Waals surface area contributed by atoms with Crippen molar-refractivity contribution in [1.82, 2.24) is 4.98 Å². The molecule has 7 rings (SSSR count). The lowest BCUT2D eigenvalue weighted by molar-refractivity contribution is -0.137. The second-order valence-corrected chi connectivity index (χ2v) is 12.5. The van der Waals surface area contributed by atoms with Gasteiger partial charge in [0.2, 0.25) is 11.8 Å². The van der Waals surface area contributed by atoms with Gasteiger partial charge in [0.05, 0.1) is 35.2 Å². The van der Waals surface area contributed by atoms with Gasteiger partial charge >= 0.3 is 11.0 Å². The minimum Gasteiger partial charge on any atom is -0.497 e. The third-order valence-electron chi connectivity index (χ3n) is 8.63. The summed E-state index contributed by atoms with van der Waals surface area (Å²) in [4.78, 5) is 44.5. The molecule has 7 atom stereocenters. The highest BCUT2D eigenvalue weighted by Gasteiger charge is 2.69. The Morgan fingerprint density at radius 1 is 1.00 bits per heavy atom. The van der Waals surface area contributed by atoms with Crippen molar-refractivity contribution in [3.8, 4) is 5.75 Å². The largest absolute Gasteiger partial charge is 0.497 e. The summed E-state index contributed by atoms with van der Waals surface area (Å²) in [7, 11) is 1.59. The lowest BCUT2D eigenvalue weighted by Crippen LogP contribution is -2.42. The molecule has 0 spiro atoms. The first kappa shape index (κ1) is 24.0. The van der Waals surface area contributed by atoms with Crippen LogP contribution in [0, 0.1) is 29.6 Å². The van der Waals surface area contributed by atoms with Crippen LogP contribution in [0.2, 0.25) is 0 Å². The Labute approximate surface area is 223 Å². The summed E-state index contributed by atoms with van der Waals surface area (Å²) in [6.07, 6.45) is -3.88. The Hall–Kier alpha value is -3.05. The minimum atomic E-state index is -4.58. The number of hydrogen-bond acceptors (Lipinski definition) is 6. The fourth-order valence-electron chi connectivity index (χ4n) is 7.28. The van der Waals surface area contributed by atoms with E-state index in [1.807, 2.05) is 24.3 Å². The molecule has 3 fully saturated rings. The molecule has 2 bridgehead atoms. The van der Waals surface area contributed by atoms with Crippen molar-refractivity contribution in [2.75, 3.05) is 12.0 Å². The average molecular weight is 559 g/mol. The Morgan fingerprint density at radius 2 is 1.71 bits per heavy atom. The fourth-order valence-corrected chi connectivity index (χ4v) is 10.2. The molecule has 38 heavy (non-hydrogen) atoms. The molecule has 11 heteroatoms. The van der Waals surface area contributed by atoms with Crippen molar-refractivity contribution in [1.29, 1.82) is 0 Å². The Balaban J connectivity index is 1.29. The van der Waals surface area contributed by atoms with Crippen molar-refractivity contribution >= 4 is 40.6 Å². The van der Waals surface area contributed by atoms with Gasteiger partial charge in [0.15, 0.2) is 0 Å². The van der Waals surface area contributed by atoms with Crippen LogP contribution in [0.5, 0.6) is 5.75 Å². The van der Waals surface area contributed by atoms with Gasteiger partial charge in [0.25, 0.3) is 0 Å². The summed E-state index contributed by atoms with van der Waals surface area (Å²) in [6.45, 7) is 0. The van der Waals surface area contributed by atoms with Gasteiger partial charge in [0, 0.05) is 16.0 Å². The van der Waals surface area contributed by atoms with Crippen LogP contribution in [-0.4, -0.2) is 29.2 Å². The first-order valence-electron chi connectivity index (χ1n) is 12.3. The van der Waals surface area contributed by atoms with Crippen LogP contribution in [-0.2, 0) is 15.8 Å². The van der Waals surface area contributed by atoms with Gasteiger partial charge in [-0.25, -0.2) is 0 Å². The predicted octanol–water partition coefficient (Wildman–Crippen LogP) is 5.14. The standard InChI is InChI=1S/C27H21F3N2O4S2/c1-36-14-7-5-11(6-8-14)17-18-15-10-16(21(18)37-23-22(17)38-26(35)31-23)20-19(15)24(33)32(25(20)34)13-4-2-3-12(9-13)27(28,29)30/h2-9,15-21H,10H2,1H3,(H,31,35)/t15-,16+,17+,18+,19+,20-,21-/m1/s1. The summed E-state index contributed by atoms with van der Waals surface area (Å²) in [5, 5.41) is 0.807. The van der Waals surface area contributed by atoms with Gasteiger partial charge in [0.1, 0.15) is 5.75 Å². The zero-order valence-corrected chi connectivity index (χ0v) is 21.5. The third kappa shape index (κ3) is 3.30. The third-order valence-corrected chi connectivity index (χ3v) is 11.2. The molecule has 2 saturated carbocycles. The van der Waals surface area contributed by atoms with E-state index in [0.29, 0.717) is 12.2 Å². The number of H-pyrrole nitrogens is 1. The van der Waals surface area contributed by atoms with E-state index in [4.69, 9.17) is 4.74 Å². The van der Waals surface area contributed by atoms with Gasteiger partial charge in [-0.3, -0.25) is 19.3 Å². The highest BCUT2D eigenvalue weighted by atomic mass is 32.2. The Kier molecular flexibility index (Phi) is 5.20. The lowest BCUT2D eigenvalue weighted by atomic mass is 9.68. The van der Waals surface area contributed by atoms with Gasteiger partial charge in [-0.2, -0.15) is 13.2 Å². The SMILES string of the molecule is COc1ccc([C@@H]2c3sc(=O)[nH]c3S[C@@H]3[C@H]4C[C@@H]([C@@H]5C(=O)N(c6cccc(C(F)(F)F)c6)C(=O)[C@H]45)[C@@H]23)cc1. The first-order chi connectivity index (χ1) is 18.2. The molecule has 1 N–H and O–H groups in total. The molecule has 0 unspecified atom stereocenters. The van der Waals surface area contributed by atoms with Crippen LogP contribution in [0.1, 0.15) is 28.3 Å². The zero-order chi connectivity index (χ0) is 26.5. The quantitative estimate of drug-likeness (QED) is 0.451. The molecule has 6 nitrogen and oxygen atoms in total. The Morgan fingerprint density at radius 3 is 2.39 bits per heavy atom. The summed E-state index contributed by atoms with van der Waals surface area (Å²) in [6, 6.07) is 12.1. The molecule has 2 amide bonds. The molecule has 2 aliphatic heterocycles. The molecule has 1 saturated heterocycles. The van der Waals surface area contributed by atoms with Gasteiger partial charge in [-0.1, -0.05) is 29.5 Å². The number of carbonyl (C=O) groups excluding carboxylic acids is 2. The van der Waals surface area contributed by atoms with Crippen molar-refractivity contribution in [2.45, 2.75) is 28.8 Å². The highest BCUT2D eigenvalue weighted by molar-refractivity contribution is 8.00. The van der Waals surface area contributed by atoms with Gasteiger partial charge in [-0.15, -0.1) is 11.8 Å². The van der Waals surface area contributed by atoms with Gasteiger partial charge < -0.3 is 9.72 Å². The normalized spacial score (nSPS) is 31.4. The summed E-state index contributed by atoms with van der Waals surface area (Å²) < 4.78 is 45.4. The fraction of sp³-hybridized carbons (Fsp3) is 0.370. The van der Waals surface area contributed by atoms with E-state index < -0.39 is 35.4 Å². The molecular weight excluding hydrogens is 537 g/mol. The number of aromatic amines is 1. The molecular formula is C27H21F3N2O4S2. The number of aromatic nitrogens is 1. The maximum atomic E-state index is 13.7. The van der Waals surface area contributed by atoms with E-state index in [9.17, 15) is 27.6 Å². The van der Waals surface area contributed by atoms with E-state index in [1.54, 1.807) is 18.9 Å². The molecule has 2 aromatic carbocycles. The number of fused-ring (bicyclic) bond motifs is 9. The number of anilines is 1. The number of rotatable bonds is 3. The van der Waals surface area contributed by atoms with Crippen LogP contribution in [0.3, 0.4) is 0 Å². The maximum Gasteiger partial charge on any atom is 0.416 e. The van der Waals surface area contributed by atoms with Crippen molar-refractivity contribution in [3.05, 3.63) is 74.2 Å². The summed E-state index contributed by atoms with van der Waals surface area (Å²) in [5.41, 5.74) is 0.0791. The predicted molar refractivity (Wildman–Crippen MR) is 135 cm³/mol. The molecule has 2 aliphatic carbocycles. The van der Waals surface area contributed by atoms with E-state index in [1.165, 1.54) is 23.5 Å². The van der Waals surface area contributed by atoms with Crippen LogP contribution in [0.25, 0.3) is 0 Å². The minimum absolute atomic E-state index is 0.00399. The molecule has 196 valence electrons. The second kappa shape index (κ2) is 8.22. The summed E-state index contributed by atoms with van der Waals surface area (Å²) in [5.74, 6) is -1.63. The number of alkyl halides is 3. The van der Waals surface area contributed by atoms with Crippen molar-refractivity contribution < 1.29 is 27.5 Å². The van der Waals surface area contributed by atoms with Crippen LogP contribution in [0.15, 0.2) is 58.4 Å². The van der Waals surface area contributed by atoms with E-state index in [2.05, 4.69) is 4.98 Å². The molecule has 3 aromatic rings. The zero-order valence-electron chi connectivity index (χ0n) is 19.9. The second-order valence-electron chi connectivity index (χ2n) is 10.3. The average Bonchev–Trinajstić information content (AvgIpc) is 3.62. The number of benzene rings is 2. The van der Waals surface area contributed by atoms with Crippen molar-refractivity contribution in [3.63, 3.8) is 0 Å². The van der Waals surface area contributed by atoms with Crippen LogP contribution in [0.4, 0.5) is 18.9 Å². The lowest BCUT2D eigenvalue weighted by Gasteiger charge is -2.43. The topological polar surface area (TPSA) is 79.5 Å². The Bertz CT molecular complexity index is 1530. The molecule has 1 aromatic heterocycles. The number of hydrogen-bond donors (Lipinski definition) is 1. The number of carbonyl (C=O) groups is 2. The first-order valence-corrected chi connectivity index (χ1v) is 14.0. The number of halogens is 3. The number of nitrogens with zero attached hydrogens (tertiary/aromatic N) is 1. The monoisotopic (exact) mass is 558 g/mol. The van der Waals surface area contributed by atoms with Crippen LogP contribution < -0.4 is 14.5 Å². The molecule has 3 heterocycles. The maximum absolute atomic E-state index is 13.7. The van der Waals surface area contributed by atoms with Crippen molar-refractivity contribution in [2.24, 2.45) is 29.6 Å². The van der Waals surface area contributed by atoms with Crippen LogP contribution >= 0.6 is 23.1 Å². The number of ether oxygens (including phenoxy) is 1. The number of thioether (sulfide) groups is 1. The smallest absolute Gasteiger partial charge is 0.416 e. The molecule has 0 radical (unpaired) electrons. The van der Waals surface area contributed by atoms with E-state index in [-0.39, 0.29) is 39.5 Å². The number of amides is 2. The van der Waals surface area contributed by atoms with E-state index in [0.717, 1.165) is 32.5 Å².